The second kappa shape index (κ2) is 16.6. The van der Waals surface area contributed by atoms with Gasteiger partial charge in [0.25, 0.3) is 11.5 Å². The van der Waals surface area contributed by atoms with Gasteiger partial charge in [-0.05, 0) is 63.8 Å². The van der Waals surface area contributed by atoms with Crippen LogP contribution in [0.15, 0.2) is 58.0 Å². The summed E-state index contributed by atoms with van der Waals surface area (Å²) in [5.41, 5.74) is 4.97. The highest BCUT2D eigenvalue weighted by atomic mass is 16.8. The Morgan fingerprint density at radius 2 is 1.87 bits per heavy atom. The average Bonchev–Trinajstić information content (AvgIpc) is 3.58. The van der Waals surface area contributed by atoms with E-state index < -0.39 is 97.2 Å². The molecule has 0 spiro atoms. The number of rotatable bonds is 13. The number of primary amides is 1. The molecule has 1 aromatic carbocycles. The number of nitrogens with one attached hydrogen (secondary N) is 2. The molecular weight excluding hydrogens is 726 g/mol. The highest BCUT2D eigenvalue weighted by Gasteiger charge is 2.54. The number of hydrogen-bond acceptors (Lipinski definition) is 14. The molecule has 3 fully saturated rings. The van der Waals surface area contributed by atoms with Crippen LogP contribution in [-0.2, 0) is 56.1 Å². The van der Waals surface area contributed by atoms with Crippen LogP contribution < -0.4 is 32.4 Å². The van der Waals surface area contributed by atoms with Gasteiger partial charge in [-0.2, -0.15) is 0 Å². The first kappa shape index (κ1) is 40.0. The Kier molecular flexibility index (Phi) is 12.1. The van der Waals surface area contributed by atoms with Crippen LogP contribution in [0.25, 0.3) is 0 Å². The zero-order valence-corrected chi connectivity index (χ0v) is 30.8. The van der Waals surface area contributed by atoms with E-state index in [1.165, 1.54) is 13.2 Å². The lowest BCUT2D eigenvalue weighted by molar-refractivity contribution is -0.239. The zero-order valence-electron chi connectivity index (χ0n) is 30.8. The normalized spacial score (nSPS) is 30.6. The third-order valence-electron chi connectivity index (χ3n) is 9.89. The van der Waals surface area contributed by atoms with E-state index >= 15 is 0 Å². The minimum atomic E-state index is -1.75. The first-order valence-electron chi connectivity index (χ1n) is 18.0. The van der Waals surface area contributed by atoms with Crippen LogP contribution in [0.2, 0.25) is 0 Å². The maximum absolute atomic E-state index is 13.6. The first-order chi connectivity index (χ1) is 26.2. The van der Waals surface area contributed by atoms with E-state index in [1.54, 1.807) is 38.1 Å². The van der Waals surface area contributed by atoms with Gasteiger partial charge in [0.15, 0.2) is 30.0 Å². The van der Waals surface area contributed by atoms with Gasteiger partial charge in [0.05, 0.1) is 20.3 Å². The lowest BCUT2D eigenvalue weighted by Gasteiger charge is -2.35. The van der Waals surface area contributed by atoms with Gasteiger partial charge in [0.2, 0.25) is 18.1 Å². The number of aliphatic hydroxyl groups excluding tert-OH is 2. The maximum Gasteiger partial charge on any atom is 0.335 e. The van der Waals surface area contributed by atoms with Crippen LogP contribution in [0.4, 0.5) is 0 Å². The van der Waals surface area contributed by atoms with Crippen molar-refractivity contribution in [2.75, 3.05) is 13.7 Å². The Morgan fingerprint density at radius 3 is 2.56 bits per heavy atom. The molecule has 6 N–H and O–H groups in total. The molecule has 10 atom stereocenters. The Labute approximate surface area is 315 Å². The molecule has 4 aliphatic rings. The molecule has 0 aliphatic carbocycles. The number of hydrogen-bond donors (Lipinski definition) is 5. The number of benzene rings is 1. The molecular formula is C36H47N5O14. The van der Waals surface area contributed by atoms with Crippen molar-refractivity contribution >= 4 is 17.7 Å². The Morgan fingerprint density at radius 1 is 1.13 bits per heavy atom. The van der Waals surface area contributed by atoms with E-state index in [-0.39, 0.29) is 24.3 Å². The fourth-order valence-corrected chi connectivity index (χ4v) is 7.07. The number of fused-ring (bicyclic) bond motifs is 1. The molecule has 4 aliphatic heterocycles. The maximum atomic E-state index is 13.6. The van der Waals surface area contributed by atoms with Crippen LogP contribution in [0.3, 0.4) is 0 Å². The average molecular weight is 774 g/mol. The molecule has 3 amide bonds. The lowest BCUT2D eigenvalue weighted by atomic mass is 9.94. The van der Waals surface area contributed by atoms with Crippen LogP contribution in [0.1, 0.15) is 51.8 Å². The molecule has 2 aromatic rings. The monoisotopic (exact) mass is 773 g/mol. The Balaban J connectivity index is 1.20. The van der Waals surface area contributed by atoms with Crippen molar-refractivity contribution in [2.45, 2.75) is 114 Å². The molecule has 300 valence electrons. The van der Waals surface area contributed by atoms with E-state index in [4.69, 9.17) is 38.9 Å². The zero-order chi connectivity index (χ0) is 39.6. The summed E-state index contributed by atoms with van der Waals surface area (Å²) in [4.78, 5) is 65.6. The summed E-state index contributed by atoms with van der Waals surface area (Å²) in [6, 6.07) is 7.18. The van der Waals surface area contributed by atoms with Crippen molar-refractivity contribution in [3.8, 4) is 5.75 Å². The fraction of sp³-hybridized carbons (Fsp3) is 0.583. The van der Waals surface area contributed by atoms with E-state index in [1.807, 2.05) is 6.92 Å². The van der Waals surface area contributed by atoms with Crippen LogP contribution >= 0.6 is 0 Å². The molecule has 5 heterocycles. The van der Waals surface area contributed by atoms with E-state index in [0.717, 1.165) is 33.4 Å². The largest absolute Gasteiger partial charge is 0.497 e. The minimum absolute atomic E-state index is 0.0519. The van der Waals surface area contributed by atoms with Gasteiger partial charge in [0.1, 0.15) is 36.8 Å². The third-order valence-corrected chi connectivity index (χ3v) is 9.89. The molecule has 1 aromatic heterocycles. The van der Waals surface area contributed by atoms with Crippen molar-refractivity contribution in [1.82, 2.24) is 19.8 Å². The van der Waals surface area contributed by atoms with E-state index in [2.05, 4.69) is 10.6 Å². The molecule has 55 heavy (non-hydrogen) atoms. The second-order valence-electron chi connectivity index (χ2n) is 14.3. The van der Waals surface area contributed by atoms with Gasteiger partial charge in [-0.25, -0.2) is 9.36 Å². The number of nitrogens with two attached hydrogens (primary N) is 1. The summed E-state index contributed by atoms with van der Waals surface area (Å²) in [7, 11) is 1.54. The molecule has 0 unspecified atom stereocenters. The number of aromatic nitrogens is 2. The number of methoxy groups -OCH3 is 1. The summed E-state index contributed by atoms with van der Waals surface area (Å²) in [6.45, 7) is 4.01. The predicted octanol–water partition coefficient (Wildman–Crippen LogP) is -1.14. The predicted molar refractivity (Wildman–Crippen MR) is 187 cm³/mol. The van der Waals surface area contributed by atoms with Gasteiger partial charge in [-0.1, -0.05) is 12.1 Å². The van der Waals surface area contributed by atoms with Gasteiger partial charge in [-0.3, -0.25) is 23.7 Å². The van der Waals surface area contributed by atoms with Gasteiger partial charge < -0.3 is 59.7 Å². The van der Waals surface area contributed by atoms with Crippen LogP contribution in [0, 0.1) is 5.92 Å². The molecule has 0 bridgehead atoms. The van der Waals surface area contributed by atoms with Crippen molar-refractivity contribution in [3.05, 3.63) is 74.8 Å². The number of amides is 3. The van der Waals surface area contributed by atoms with Crippen LogP contribution in [-0.4, -0.2) is 105 Å². The molecule has 19 nitrogen and oxygen atoms in total. The third kappa shape index (κ3) is 8.77. The fourth-order valence-electron chi connectivity index (χ4n) is 7.07. The summed E-state index contributed by atoms with van der Waals surface area (Å²) in [5, 5.41) is 27.3. The summed E-state index contributed by atoms with van der Waals surface area (Å²) in [6.07, 6.45) is -5.48. The first-order valence-corrected chi connectivity index (χ1v) is 18.0. The molecule has 19 heteroatoms. The number of carbonyl (C=O) groups is 3. The SMILES string of the molecule is COc1ccc(COCn2c(=O)ccn([C@@H]3O[C@H]([C@@H](O[C@H]4OC(C(=O)N[C@H]5CCC[C@@H](C)NC5=O)=C[C@@H]5OC(C)(C)O[C@H]45)C(N)=O)[C@@H](CO)[C@H]3O)c2=O)cc1. The highest BCUT2D eigenvalue weighted by Crippen LogP contribution is 2.40. The second-order valence-corrected chi connectivity index (χ2v) is 14.3. The van der Waals surface area contributed by atoms with Crippen molar-refractivity contribution in [2.24, 2.45) is 11.7 Å². The Hall–Kier alpha value is -4.63. The molecule has 0 saturated carbocycles. The number of aliphatic hydroxyl groups is 2. The van der Waals surface area contributed by atoms with Crippen molar-refractivity contribution < 1.29 is 57.8 Å². The van der Waals surface area contributed by atoms with Gasteiger partial charge in [-0.15, -0.1) is 0 Å². The van der Waals surface area contributed by atoms with Crippen molar-refractivity contribution in [3.63, 3.8) is 0 Å². The van der Waals surface area contributed by atoms with Gasteiger partial charge in [0, 0.05) is 24.2 Å². The lowest BCUT2D eigenvalue weighted by Crippen LogP contribution is -2.53. The molecule has 0 radical (unpaired) electrons. The highest BCUT2D eigenvalue weighted by molar-refractivity contribution is 5.95. The topological polar surface area (TPSA) is 250 Å². The number of carbonyl (C=O) groups excluding carboxylic acids is 3. The molecule has 3 saturated heterocycles. The smallest absolute Gasteiger partial charge is 0.335 e. The standard InChI is InChI=1S/C36H47N5O14/c1-18-6-5-7-22(31(46)38-18)39-32(47)24-14-23-28(55-36(2,3)54-23)34(51-24)53-29(30(37)45)27-21(15-42)26(44)33(52-27)40-13-12-25(43)41(35(40)48)17-50-16-19-8-10-20(49-4)11-9-19/h8-14,18,21-23,26-29,33-34,42,44H,5-7,15-17H2,1-4H3,(H2,37,45)(H,38,46)(H,39,47)/t18-,21+,22+,23+,26-,27+,28+,29-,33-,34-/m1/s1. The van der Waals surface area contributed by atoms with Crippen LogP contribution in [0.5, 0.6) is 5.75 Å². The quantitative estimate of drug-likeness (QED) is 0.162. The number of ether oxygens (including phenoxy) is 7. The summed E-state index contributed by atoms with van der Waals surface area (Å²) in [5.74, 6) is -4.22. The Bertz CT molecular complexity index is 1880. The van der Waals surface area contributed by atoms with E-state index in [0.29, 0.717) is 18.6 Å². The van der Waals surface area contributed by atoms with E-state index in [9.17, 15) is 34.2 Å². The van der Waals surface area contributed by atoms with Crippen molar-refractivity contribution in [1.29, 1.82) is 0 Å². The minimum Gasteiger partial charge on any atom is -0.497 e. The summed E-state index contributed by atoms with van der Waals surface area (Å²) < 4.78 is 42.6. The number of nitrogens with zero attached hydrogens (tertiary/aromatic N) is 2. The summed E-state index contributed by atoms with van der Waals surface area (Å²) >= 11 is 0. The molecule has 6 rings (SSSR count). The van der Waals surface area contributed by atoms with Gasteiger partial charge >= 0.3 is 5.69 Å².